The third-order valence-corrected chi connectivity index (χ3v) is 7.14. The molecule has 1 saturated heterocycles. The van der Waals surface area contributed by atoms with E-state index in [9.17, 15) is 26.7 Å². The van der Waals surface area contributed by atoms with Gasteiger partial charge in [0.25, 0.3) is 5.91 Å². The standard InChI is InChI=1S/C23H21F5N6O2S/c1-12-7-19(23(26,27)28)31-34(12)10-20(35)33-6-5-13(9-29-33)22-30-17(11-37-22)16-8-18(36-32-16)21-14(24)3-2-4-15(21)25/h2-4,7-8,11,13,18,29,32H,5-6,9-10H2,1H3. The van der Waals surface area contributed by atoms with Gasteiger partial charge in [0.15, 0.2) is 5.69 Å². The lowest BCUT2D eigenvalue weighted by Gasteiger charge is -2.32. The van der Waals surface area contributed by atoms with E-state index in [4.69, 9.17) is 4.84 Å². The van der Waals surface area contributed by atoms with E-state index in [-0.39, 0.29) is 23.7 Å². The Hall–Kier alpha value is -3.36. The van der Waals surface area contributed by atoms with Crippen LogP contribution in [0.5, 0.6) is 0 Å². The van der Waals surface area contributed by atoms with E-state index in [1.165, 1.54) is 29.3 Å². The maximum atomic E-state index is 14.1. The lowest BCUT2D eigenvalue weighted by molar-refractivity contribution is -0.142. The van der Waals surface area contributed by atoms with Crippen molar-refractivity contribution >= 4 is 22.9 Å². The summed E-state index contributed by atoms with van der Waals surface area (Å²) in [6.45, 7) is 1.88. The molecule has 37 heavy (non-hydrogen) atoms. The molecule has 14 heteroatoms. The Labute approximate surface area is 211 Å². The molecule has 5 rings (SSSR count). The fourth-order valence-corrected chi connectivity index (χ4v) is 5.10. The van der Waals surface area contributed by atoms with E-state index in [0.717, 1.165) is 27.9 Å². The summed E-state index contributed by atoms with van der Waals surface area (Å²) in [5, 5.41) is 7.48. The van der Waals surface area contributed by atoms with Gasteiger partial charge in [0.1, 0.15) is 24.3 Å². The number of nitrogens with one attached hydrogen (secondary N) is 2. The number of aryl methyl sites for hydroxylation is 1. The molecule has 2 atom stereocenters. The first-order valence-corrected chi connectivity index (χ1v) is 12.2. The van der Waals surface area contributed by atoms with Gasteiger partial charge in [-0.05, 0) is 37.6 Å². The topological polar surface area (TPSA) is 84.3 Å². The number of alkyl halides is 3. The van der Waals surface area contributed by atoms with Crippen molar-refractivity contribution in [1.29, 1.82) is 0 Å². The van der Waals surface area contributed by atoms with Crippen LogP contribution >= 0.6 is 11.3 Å². The van der Waals surface area contributed by atoms with Crippen molar-refractivity contribution in [1.82, 2.24) is 30.7 Å². The van der Waals surface area contributed by atoms with Gasteiger partial charge < -0.3 is 0 Å². The van der Waals surface area contributed by atoms with Crippen molar-refractivity contribution in [2.75, 3.05) is 13.1 Å². The van der Waals surface area contributed by atoms with Gasteiger partial charge in [-0.3, -0.25) is 24.8 Å². The molecule has 2 aliphatic heterocycles. The van der Waals surface area contributed by atoms with Crippen molar-refractivity contribution in [2.24, 2.45) is 0 Å². The average Bonchev–Trinajstić information content (AvgIpc) is 3.59. The van der Waals surface area contributed by atoms with Crippen molar-refractivity contribution in [3.8, 4) is 0 Å². The highest BCUT2D eigenvalue weighted by Gasteiger charge is 2.35. The molecular weight excluding hydrogens is 519 g/mol. The molecule has 4 heterocycles. The molecular formula is C23H21F5N6O2S. The summed E-state index contributed by atoms with van der Waals surface area (Å²) in [5.41, 5.74) is 5.75. The number of thiazole rings is 1. The number of halogens is 5. The quantitative estimate of drug-likeness (QED) is 0.475. The first-order chi connectivity index (χ1) is 17.6. The number of rotatable bonds is 5. The molecule has 2 aliphatic rings. The molecule has 0 spiro atoms. The lowest BCUT2D eigenvalue weighted by Crippen LogP contribution is -2.50. The normalized spacial score (nSPS) is 20.2. The molecule has 1 amide bonds. The Morgan fingerprint density at radius 2 is 2.03 bits per heavy atom. The first-order valence-electron chi connectivity index (χ1n) is 11.3. The van der Waals surface area contributed by atoms with Crippen LogP contribution in [0.15, 0.2) is 35.7 Å². The third kappa shape index (κ3) is 5.22. The SMILES string of the molecule is Cc1cc(C(F)(F)F)nn1CC(=O)N1CCC(c2nc(C3=CC(c4c(F)cccc4F)ON3)cs2)CN1. The lowest BCUT2D eigenvalue weighted by atomic mass is 10.0. The Kier molecular flexibility index (Phi) is 6.72. The smallest absolute Gasteiger partial charge is 0.276 e. The number of carbonyl (C=O) groups excluding carboxylic acids is 1. The van der Waals surface area contributed by atoms with E-state index >= 15 is 0 Å². The molecule has 196 valence electrons. The van der Waals surface area contributed by atoms with Crippen LogP contribution in [0.4, 0.5) is 22.0 Å². The number of nitrogens with zero attached hydrogens (tertiary/aromatic N) is 4. The monoisotopic (exact) mass is 540 g/mol. The van der Waals surface area contributed by atoms with E-state index in [1.807, 2.05) is 0 Å². The molecule has 0 bridgehead atoms. The number of benzene rings is 1. The number of hydrogen-bond acceptors (Lipinski definition) is 7. The Morgan fingerprint density at radius 1 is 1.27 bits per heavy atom. The van der Waals surface area contributed by atoms with Gasteiger partial charge in [0, 0.05) is 30.1 Å². The number of hydrogen-bond donors (Lipinski definition) is 2. The molecule has 0 saturated carbocycles. The maximum Gasteiger partial charge on any atom is 0.435 e. The Balaban J connectivity index is 1.19. The second-order valence-electron chi connectivity index (χ2n) is 8.65. The van der Waals surface area contributed by atoms with Crippen LogP contribution in [0, 0.1) is 18.6 Å². The zero-order valence-corrected chi connectivity index (χ0v) is 20.2. The van der Waals surface area contributed by atoms with Crippen LogP contribution in [-0.4, -0.2) is 38.8 Å². The van der Waals surface area contributed by atoms with E-state index < -0.39 is 35.5 Å². The summed E-state index contributed by atoms with van der Waals surface area (Å²) < 4.78 is 67.8. The minimum atomic E-state index is -4.58. The highest BCUT2D eigenvalue weighted by Crippen LogP contribution is 2.34. The summed E-state index contributed by atoms with van der Waals surface area (Å²) in [6, 6.07) is 4.51. The molecule has 2 unspecified atom stereocenters. The molecule has 1 aromatic carbocycles. The van der Waals surface area contributed by atoms with Crippen LogP contribution in [0.2, 0.25) is 0 Å². The van der Waals surface area contributed by atoms with Gasteiger partial charge in [-0.1, -0.05) is 6.07 Å². The predicted molar refractivity (Wildman–Crippen MR) is 122 cm³/mol. The predicted octanol–water partition coefficient (Wildman–Crippen LogP) is 4.08. The van der Waals surface area contributed by atoms with E-state index in [2.05, 4.69) is 21.0 Å². The average molecular weight is 541 g/mol. The highest BCUT2D eigenvalue weighted by atomic mass is 32.1. The first kappa shape index (κ1) is 25.3. The number of carbonyl (C=O) groups is 1. The molecule has 1 fully saturated rings. The largest absolute Gasteiger partial charge is 0.435 e. The van der Waals surface area contributed by atoms with Crippen molar-refractivity contribution in [3.05, 3.63) is 75.0 Å². The summed E-state index contributed by atoms with van der Waals surface area (Å²) in [7, 11) is 0. The molecule has 8 nitrogen and oxygen atoms in total. The summed E-state index contributed by atoms with van der Waals surface area (Å²) in [4.78, 5) is 22.6. The van der Waals surface area contributed by atoms with E-state index in [1.54, 1.807) is 11.5 Å². The van der Waals surface area contributed by atoms with Gasteiger partial charge in [0.2, 0.25) is 0 Å². The zero-order valence-electron chi connectivity index (χ0n) is 19.4. The molecule has 0 aliphatic carbocycles. The Morgan fingerprint density at radius 3 is 2.68 bits per heavy atom. The number of aromatic nitrogens is 3. The van der Waals surface area contributed by atoms with Crippen LogP contribution in [0.25, 0.3) is 5.70 Å². The van der Waals surface area contributed by atoms with Crippen molar-refractivity contribution < 1.29 is 31.6 Å². The third-order valence-electron chi connectivity index (χ3n) is 6.13. The second kappa shape index (κ2) is 9.84. The van der Waals surface area contributed by atoms with Gasteiger partial charge in [-0.25, -0.2) is 19.2 Å². The van der Waals surface area contributed by atoms with Crippen molar-refractivity contribution in [3.63, 3.8) is 0 Å². The van der Waals surface area contributed by atoms with Gasteiger partial charge in [0.05, 0.1) is 22.0 Å². The number of amides is 1. The highest BCUT2D eigenvalue weighted by molar-refractivity contribution is 7.09. The van der Waals surface area contributed by atoms with Crippen LogP contribution in [0.3, 0.4) is 0 Å². The maximum absolute atomic E-state index is 14.1. The molecule has 2 N–H and O–H groups in total. The molecule has 3 aromatic rings. The van der Waals surface area contributed by atoms with Crippen LogP contribution < -0.4 is 10.9 Å². The second-order valence-corrected chi connectivity index (χ2v) is 9.54. The fourth-order valence-electron chi connectivity index (χ4n) is 4.14. The van der Waals surface area contributed by atoms with Crippen LogP contribution in [-0.2, 0) is 22.4 Å². The Bertz CT molecular complexity index is 1330. The zero-order chi connectivity index (χ0) is 26.3. The van der Waals surface area contributed by atoms with Crippen LogP contribution in [0.1, 0.15) is 46.1 Å². The summed E-state index contributed by atoms with van der Waals surface area (Å²) >= 11 is 1.41. The van der Waals surface area contributed by atoms with Gasteiger partial charge >= 0.3 is 6.18 Å². The number of hydroxylamine groups is 1. The van der Waals surface area contributed by atoms with E-state index in [0.29, 0.717) is 30.9 Å². The molecule has 2 aromatic heterocycles. The van der Waals surface area contributed by atoms with Gasteiger partial charge in [-0.15, -0.1) is 11.3 Å². The summed E-state index contributed by atoms with van der Waals surface area (Å²) in [5.74, 6) is -1.82. The number of hydrazine groups is 1. The van der Waals surface area contributed by atoms with Crippen molar-refractivity contribution in [2.45, 2.75) is 38.1 Å². The van der Waals surface area contributed by atoms with Gasteiger partial charge in [-0.2, -0.15) is 18.3 Å². The fraction of sp³-hybridized carbons (Fsp3) is 0.348. The summed E-state index contributed by atoms with van der Waals surface area (Å²) in [6.07, 6.45) is -3.37. The minimum Gasteiger partial charge on any atom is -0.276 e. The molecule has 0 radical (unpaired) electrons. The minimum absolute atomic E-state index is 0.00574.